The number of piperidine rings is 1. The van der Waals surface area contributed by atoms with Crippen LogP contribution < -0.4 is 4.74 Å². The highest BCUT2D eigenvalue weighted by Crippen LogP contribution is 2.42. The van der Waals surface area contributed by atoms with Crippen molar-refractivity contribution in [1.29, 1.82) is 0 Å². The molecule has 2 aliphatic rings. The van der Waals surface area contributed by atoms with Gasteiger partial charge in [-0.2, -0.15) is 13.2 Å². The van der Waals surface area contributed by atoms with Crippen LogP contribution in [0.1, 0.15) is 36.0 Å². The van der Waals surface area contributed by atoms with Gasteiger partial charge in [-0.05, 0) is 37.7 Å². The van der Waals surface area contributed by atoms with Gasteiger partial charge < -0.3 is 24.0 Å². The second-order valence-corrected chi connectivity index (χ2v) is 7.71. The van der Waals surface area contributed by atoms with Gasteiger partial charge in [-0.25, -0.2) is 9.78 Å². The summed E-state index contributed by atoms with van der Waals surface area (Å²) in [4.78, 5) is 27.4. The van der Waals surface area contributed by atoms with Gasteiger partial charge in [-0.1, -0.05) is 11.2 Å². The van der Waals surface area contributed by atoms with Crippen LogP contribution in [-0.4, -0.2) is 70.1 Å². The molecule has 2 aromatic rings. The SMILES string of the molecule is O=C(O)C(F)(F)F.O=C(c1cnoc1)N1CCC2(CC1)OCCC2CCOc1ccccn1. The van der Waals surface area contributed by atoms with E-state index >= 15 is 0 Å². The Hall–Kier alpha value is -3.15. The summed E-state index contributed by atoms with van der Waals surface area (Å²) in [6, 6.07) is 5.67. The van der Waals surface area contributed by atoms with E-state index in [9.17, 15) is 18.0 Å². The Morgan fingerprint density at radius 1 is 1.27 bits per heavy atom. The van der Waals surface area contributed by atoms with Crippen molar-refractivity contribution < 1.29 is 41.9 Å². The highest BCUT2D eigenvalue weighted by atomic mass is 19.4. The number of hydrogen-bond donors (Lipinski definition) is 1. The average molecular weight is 471 g/mol. The minimum atomic E-state index is -5.08. The lowest BCUT2D eigenvalue weighted by atomic mass is 9.78. The number of hydrogen-bond acceptors (Lipinski definition) is 7. The topological polar surface area (TPSA) is 115 Å². The first-order valence-electron chi connectivity index (χ1n) is 10.4. The lowest BCUT2D eigenvalue weighted by Crippen LogP contribution is -2.49. The summed E-state index contributed by atoms with van der Waals surface area (Å²) in [6.45, 7) is 2.81. The summed E-state index contributed by atoms with van der Waals surface area (Å²) in [5, 5.41) is 10.7. The van der Waals surface area contributed by atoms with Gasteiger partial charge in [0.15, 0.2) is 0 Å². The maximum absolute atomic E-state index is 12.4. The van der Waals surface area contributed by atoms with Crippen LogP contribution in [0.25, 0.3) is 0 Å². The van der Waals surface area contributed by atoms with E-state index in [0.29, 0.717) is 37.1 Å². The van der Waals surface area contributed by atoms with E-state index in [0.717, 1.165) is 32.3 Å². The number of amides is 1. The van der Waals surface area contributed by atoms with Crippen LogP contribution >= 0.6 is 0 Å². The molecule has 4 rings (SSSR count). The number of carbonyl (C=O) groups is 2. The summed E-state index contributed by atoms with van der Waals surface area (Å²) in [5.74, 6) is -1.66. The molecule has 0 saturated carbocycles. The van der Waals surface area contributed by atoms with E-state index < -0.39 is 12.1 Å². The number of aromatic nitrogens is 2. The fraction of sp³-hybridized carbons (Fsp3) is 0.524. The van der Waals surface area contributed by atoms with Gasteiger partial charge in [-0.15, -0.1) is 0 Å². The van der Waals surface area contributed by atoms with E-state index in [1.807, 2.05) is 23.1 Å². The zero-order chi connectivity index (χ0) is 23.9. The van der Waals surface area contributed by atoms with Gasteiger partial charge in [0.2, 0.25) is 5.88 Å². The molecule has 33 heavy (non-hydrogen) atoms. The number of rotatable bonds is 5. The third-order valence-electron chi connectivity index (χ3n) is 5.77. The number of carbonyl (C=O) groups excluding carboxylic acids is 1. The predicted molar refractivity (Wildman–Crippen MR) is 106 cm³/mol. The Labute approximate surface area is 187 Å². The smallest absolute Gasteiger partial charge is 0.478 e. The molecule has 1 atom stereocenters. The molecule has 2 saturated heterocycles. The number of nitrogens with zero attached hydrogens (tertiary/aromatic N) is 3. The van der Waals surface area contributed by atoms with Crippen LogP contribution in [0.3, 0.4) is 0 Å². The molecule has 1 amide bonds. The Balaban J connectivity index is 0.000000383. The third-order valence-corrected chi connectivity index (χ3v) is 5.77. The first kappa shape index (κ1) is 24.5. The first-order chi connectivity index (χ1) is 15.7. The molecule has 0 radical (unpaired) electrons. The number of ether oxygens (including phenoxy) is 2. The molecule has 0 bridgehead atoms. The lowest BCUT2D eigenvalue weighted by molar-refractivity contribution is -0.192. The maximum atomic E-state index is 12.4. The van der Waals surface area contributed by atoms with Crippen molar-refractivity contribution in [3.05, 3.63) is 42.4 Å². The van der Waals surface area contributed by atoms with Crippen molar-refractivity contribution in [3.8, 4) is 5.88 Å². The number of likely N-dealkylation sites (tertiary alicyclic amines) is 1. The fourth-order valence-corrected chi connectivity index (χ4v) is 4.06. The zero-order valence-corrected chi connectivity index (χ0v) is 17.7. The van der Waals surface area contributed by atoms with Crippen molar-refractivity contribution in [2.45, 2.75) is 37.5 Å². The van der Waals surface area contributed by atoms with Gasteiger partial charge in [0, 0.05) is 32.0 Å². The van der Waals surface area contributed by atoms with Gasteiger partial charge in [0.05, 0.1) is 24.0 Å². The summed E-state index contributed by atoms with van der Waals surface area (Å²) < 4.78 is 48.4. The van der Waals surface area contributed by atoms with Crippen LogP contribution in [0.5, 0.6) is 5.88 Å². The second-order valence-electron chi connectivity index (χ2n) is 7.71. The van der Waals surface area contributed by atoms with Crippen LogP contribution in [0.4, 0.5) is 13.2 Å². The number of aliphatic carboxylic acids is 1. The highest BCUT2D eigenvalue weighted by molar-refractivity contribution is 5.93. The van der Waals surface area contributed by atoms with Crippen molar-refractivity contribution in [2.24, 2.45) is 5.92 Å². The standard InChI is InChI=1S/C19H23N3O4.C2HF3O2/c23-18(15-13-21-26-14-15)22-9-6-19(7-10-22)16(5-12-25-19)4-11-24-17-3-1-2-8-20-17;3-2(4,5)1(6)7/h1-3,8,13-14,16H,4-7,9-12H2;(H,6,7). The molecule has 1 N–H and O–H groups in total. The molecule has 1 spiro atoms. The van der Waals surface area contributed by atoms with Crippen LogP contribution in [0, 0.1) is 5.92 Å². The first-order valence-corrected chi connectivity index (χ1v) is 10.4. The number of halogens is 3. The molecule has 2 aliphatic heterocycles. The van der Waals surface area contributed by atoms with E-state index in [1.165, 1.54) is 12.5 Å². The maximum Gasteiger partial charge on any atom is 0.490 e. The largest absolute Gasteiger partial charge is 0.490 e. The number of pyridine rings is 1. The third kappa shape index (κ3) is 6.44. The summed E-state index contributed by atoms with van der Waals surface area (Å²) in [5.41, 5.74) is 0.382. The highest BCUT2D eigenvalue weighted by Gasteiger charge is 2.46. The van der Waals surface area contributed by atoms with E-state index in [2.05, 4.69) is 10.1 Å². The molecule has 12 heteroatoms. The fourth-order valence-electron chi connectivity index (χ4n) is 4.06. The van der Waals surface area contributed by atoms with Crippen molar-refractivity contribution in [3.63, 3.8) is 0 Å². The Morgan fingerprint density at radius 2 is 2.00 bits per heavy atom. The minimum Gasteiger partial charge on any atom is -0.478 e. The van der Waals surface area contributed by atoms with E-state index in [1.54, 1.807) is 6.20 Å². The Morgan fingerprint density at radius 3 is 2.58 bits per heavy atom. The van der Waals surface area contributed by atoms with Crippen molar-refractivity contribution in [2.75, 3.05) is 26.3 Å². The van der Waals surface area contributed by atoms with Gasteiger partial charge in [-0.3, -0.25) is 4.79 Å². The van der Waals surface area contributed by atoms with E-state index in [-0.39, 0.29) is 11.5 Å². The molecular formula is C21H24F3N3O6. The molecular weight excluding hydrogens is 447 g/mol. The van der Waals surface area contributed by atoms with Gasteiger partial charge in [0.25, 0.3) is 5.91 Å². The normalized spacial score (nSPS) is 19.6. The molecule has 2 fully saturated rings. The molecule has 2 aromatic heterocycles. The van der Waals surface area contributed by atoms with Gasteiger partial charge in [0.1, 0.15) is 6.26 Å². The monoisotopic (exact) mass is 471 g/mol. The average Bonchev–Trinajstić information content (AvgIpc) is 3.46. The molecule has 9 nitrogen and oxygen atoms in total. The Kier molecular flexibility index (Phi) is 7.90. The second kappa shape index (κ2) is 10.6. The number of alkyl halides is 3. The van der Waals surface area contributed by atoms with Crippen molar-refractivity contribution >= 4 is 11.9 Å². The minimum absolute atomic E-state index is 0.0193. The number of carboxylic acids is 1. The molecule has 1 unspecified atom stereocenters. The zero-order valence-electron chi connectivity index (χ0n) is 17.7. The quantitative estimate of drug-likeness (QED) is 0.707. The van der Waals surface area contributed by atoms with Crippen LogP contribution in [0.15, 0.2) is 41.4 Å². The molecule has 0 aromatic carbocycles. The summed E-state index contributed by atoms with van der Waals surface area (Å²) in [6.07, 6.45) is 3.22. The predicted octanol–water partition coefficient (Wildman–Crippen LogP) is 3.18. The summed E-state index contributed by atoms with van der Waals surface area (Å²) in [7, 11) is 0. The molecule has 4 heterocycles. The Bertz CT molecular complexity index is 900. The van der Waals surface area contributed by atoms with Gasteiger partial charge >= 0.3 is 12.1 Å². The number of carboxylic acid groups (broad SMARTS) is 1. The summed E-state index contributed by atoms with van der Waals surface area (Å²) >= 11 is 0. The van der Waals surface area contributed by atoms with Crippen molar-refractivity contribution in [1.82, 2.24) is 15.0 Å². The molecule has 180 valence electrons. The van der Waals surface area contributed by atoms with Crippen LogP contribution in [-0.2, 0) is 9.53 Å². The van der Waals surface area contributed by atoms with Crippen LogP contribution in [0.2, 0.25) is 0 Å². The lowest BCUT2D eigenvalue weighted by Gasteiger charge is -2.42. The molecule has 0 aliphatic carbocycles. The van der Waals surface area contributed by atoms with E-state index in [4.69, 9.17) is 23.9 Å².